The van der Waals surface area contributed by atoms with Crippen LogP contribution in [-0.2, 0) is 14.4 Å². The molecule has 0 aromatic carbocycles. The number of carbonyl (C=O) groups excluding carboxylic acids is 3. The molecule has 1 amide bonds. The molecule has 0 unspecified atom stereocenters. The Bertz CT molecular complexity index is 323. The van der Waals surface area contributed by atoms with E-state index in [1.807, 2.05) is 0 Å². The minimum atomic E-state index is -0.729. The van der Waals surface area contributed by atoms with E-state index in [0.717, 1.165) is 0 Å². The zero-order chi connectivity index (χ0) is 9.30. The Morgan fingerprint density at radius 3 is 2.00 bits per heavy atom. The van der Waals surface area contributed by atoms with Crippen LogP contribution >= 0.6 is 0 Å². The summed E-state index contributed by atoms with van der Waals surface area (Å²) in [6.45, 7) is 2.43. The van der Waals surface area contributed by atoms with Gasteiger partial charge in [0.05, 0.1) is 0 Å². The van der Waals surface area contributed by atoms with E-state index in [0.29, 0.717) is 0 Å². The third-order valence-electron chi connectivity index (χ3n) is 1.38. The summed E-state index contributed by atoms with van der Waals surface area (Å²) in [6, 6.07) is 0. The monoisotopic (exact) mass is 166 g/mol. The second-order valence-electron chi connectivity index (χ2n) is 2.34. The van der Waals surface area contributed by atoms with Crippen molar-refractivity contribution in [1.82, 2.24) is 0 Å². The number of Topliss-reactive ketones (excluding diaryl/α,β-unsaturated/α-hetero) is 2. The van der Waals surface area contributed by atoms with Crippen molar-refractivity contribution >= 4 is 17.5 Å². The Balaban J connectivity index is 3.22. The lowest BCUT2D eigenvalue weighted by molar-refractivity contribution is -0.120. The van der Waals surface area contributed by atoms with Crippen LogP contribution < -0.4 is 0 Å². The van der Waals surface area contributed by atoms with Gasteiger partial charge >= 0.3 is 5.91 Å². The van der Waals surface area contributed by atoms with Crippen LogP contribution in [0.3, 0.4) is 0 Å². The molecule has 0 N–H and O–H groups in total. The van der Waals surface area contributed by atoms with Crippen LogP contribution in [0, 0.1) is 0 Å². The van der Waals surface area contributed by atoms with Crippen molar-refractivity contribution in [2.75, 3.05) is 0 Å². The van der Waals surface area contributed by atoms with Crippen LogP contribution in [0.5, 0.6) is 0 Å². The van der Waals surface area contributed by atoms with Gasteiger partial charge in [-0.2, -0.15) is 0 Å². The summed E-state index contributed by atoms with van der Waals surface area (Å²) in [5, 5.41) is 6.42. The number of rotatable bonds is 2. The van der Waals surface area contributed by atoms with E-state index in [9.17, 15) is 14.4 Å². The summed E-state index contributed by atoms with van der Waals surface area (Å²) in [5.74, 6) is -1.63. The first-order chi connectivity index (χ1) is 5.54. The van der Waals surface area contributed by atoms with Gasteiger partial charge in [-0.05, 0) is 6.92 Å². The lowest BCUT2D eigenvalue weighted by Gasteiger charge is -1.92. The largest absolute Gasteiger partial charge is 0.301 e. The fourth-order valence-electron chi connectivity index (χ4n) is 0.860. The molecule has 1 rings (SSSR count). The van der Waals surface area contributed by atoms with E-state index < -0.39 is 17.5 Å². The Morgan fingerprint density at radius 2 is 1.67 bits per heavy atom. The maximum absolute atomic E-state index is 10.8. The summed E-state index contributed by atoms with van der Waals surface area (Å²) in [7, 11) is 0. The molecule has 0 radical (unpaired) electrons. The second-order valence-corrected chi connectivity index (χ2v) is 2.34. The van der Waals surface area contributed by atoms with E-state index >= 15 is 0 Å². The van der Waals surface area contributed by atoms with E-state index in [4.69, 9.17) is 0 Å². The number of carbonyl (C=O) groups is 3. The summed E-state index contributed by atoms with van der Waals surface area (Å²) in [6.07, 6.45) is 0. The molecule has 5 nitrogen and oxygen atoms in total. The van der Waals surface area contributed by atoms with Crippen molar-refractivity contribution in [3.63, 3.8) is 0 Å². The van der Waals surface area contributed by atoms with Crippen molar-refractivity contribution in [2.24, 2.45) is 10.2 Å². The normalized spacial score (nSPS) is 15.7. The van der Waals surface area contributed by atoms with Crippen molar-refractivity contribution in [3.05, 3.63) is 11.3 Å². The fraction of sp³-hybridized carbons (Fsp3) is 0.286. The van der Waals surface area contributed by atoms with Crippen molar-refractivity contribution in [2.45, 2.75) is 13.8 Å². The summed E-state index contributed by atoms with van der Waals surface area (Å²) < 4.78 is 0. The van der Waals surface area contributed by atoms with Crippen LogP contribution in [0.1, 0.15) is 13.8 Å². The van der Waals surface area contributed by atoms with Gasteiger partial charge in [-0.15, -0.1) is 10.2 Å². The highest BCUT2D eigenvalue weighted by Crippen LogP contribution is 2.17. The topological polar surface area (TPSA) is 75.9 Å². The van der Waals surface area contributed by atoms with Crippen LogP contribution in [0.25, 0.3) is 0 Å². The maximum atomic E-state index is 10.8. The highest BCUT2D eigenvalue weighted by Gasteiger charge is 2.27. The Labute approximate surface area is 68.2 Å². The predicted molar refractivity (Wildman–Crippen MR) is 38.3 cm³/mol. The maximum Gasteiger partial charge on any atom is 0.301 e. The minimum absolute atomic E-state index is 0.132. The average molecular weight is 166 g/mol. The zero-order valence-electron chi connectivity index (χ0n) is 6.62. The molecular weight excluding hydrogens is 160 g/mol. The Hall–Kier alpha value is -1.65. The number of ketones is 2. The van der Waals surface area contributed by atoms with Gasteiger partial charge in [0.2, 0.25) is 0 Å². The molecule has 0 aromatic rings. The molecule has 0 saturated heterocycles. The molecule has 1 aliphatic rings. The molecule has 0 bridgehead atoms. The van der Waals surface area contributed by atoms with Crippen LogP contribution in [0.2, 0.25) is 0 Å². The molecule has 0 atom stereocenters. The van der Waals surface area contributed by atoms with Gasteiger partial charge in [-0.25, -0.2) is 0 Å². The molecule has 1 heterocycles. The number of nitrogens with zero attached hydrogens (tertiary/aromatic N) is 2. The van der Waals surface area contributed by atoms with Crippen molar-refractivity contribution in [3.8, 4) is 0 Å². The smallest absolute Gasteiger partial charge is 0.294 e. The summed E-state index contributed by atoms with van der Waals surface area (Å²) >= 11 is 0. The van der Waals surface area contributed by atoms with Gasteiger partial charge < -0.3 is 0 Å². The quantitative estimate of drug-likeness (QED) is 0.557. The molecule has 0 spiro atoms. The molecule has 0 aromatic heterocycles. The van der Waals surface area contributed by atoms with Crippen LogP contribution in [0.15, 0.2) is 21.5 Å². The molecule has 62 valence electrons. The Kier molecular flexibility index (Phi) is 1.95. The van der Waals surface area contributed by atoms with Gasteiger partial charge in [0, 0.05) is 6.92 Å². The minimum Gasteiger partial charge on any atom is -0.294 e. The van der Waals surface area contributed by atoms with Crippen molar-refractivity contribution < 1.29 is 14.4 Å². The number of hydrogen-bond acceptors (Lipinski definition) is 4. The fourth-order valence-corrected chi connectivity index (χ4v) is 0.860. The molecular formula is C7H6N2O3. The van der Waals surface area contributed by atoms with Gasteiger partial charge in [0.1, 0.15) is 11.3 Å². The summed E-state index contributed by atoms with van der Waals surface area (Å²) in [5.41, 5.74) is -0.338. The number of azo groups is 1. The highest BCUT2D eigenvalue weighted by atomic mass is 16.2. The zero-order valence-corrected chi connectivity index (χ0v) is 6.62. The molecule has 12 heavy (non-hydrogen) atoms. The third-order valence-corrected chi connectivity index (χ3v) is 1.38. The lowest BCUT2D eigenvalue weighted by Crippen LogP contribution is -2.08. The molecule has 0 saturated carbocycles. The first-order valence-electron chi connectivity index (χ1n) is 3.26. The molecule has 0 fully saturated rings. The first-order valence-corrected chi connectivity index (χ1v) is 3.26. The van der Waals surface area contributed by atoms with E-state index in [-0.39, 0.29) is 11.3 Å². The molecule has 5 heteroatoms. The average Bonchev–Trinajstić information content (AvgIpc) is 2.30. The van der Waals surface area contributed by atoms with Gasteiger partial charge in [0.25, 0.3) is 0 Å². The molecule has 0 aliphatic carbocycles. The molecule has 1 aliphatic heterocycles. The third kappa shape index (κ3) is 1.20. The number of hydrogen-bond donors (Lipinski definition) is 0. The highest BCUT2D eigenvalue weighted by molar-refractivity contribution is 6.24. The second kappa shape index (κ2) is 2.77. The van der Waals surface area contributed by atoms with E-state index in [1.165, 1.54) is 13.8 Å². The summed E-state index contributed by atoms with van der Waals surface area (Å²) in [4.78, 5) is 32.4. The SMILES string of the molecule is CC(=O)C1=C(C(C)=O)C(=O)N=N1. The number of allylic oxidation sites excluding steroid dienone is 1. The van der Waals surface area contributed by atoms with Gasteiger partial charge in [-0.1, -0.05) is 0 Å². The van der Waals surface area contributed by atoms with E-state index in [2.05, 4.69) is 10.2 Å². The van der Waals surface area contributed by atoms with Crippen LogP contribution in [-0.4, -0.2) is 17.5 Å². The van der Waals surface area contributed by atoms with Gasteiger partial charge in [0.15, 0.2) is 11.6 Å². The van der Waals surface area contributed by atoms with Crippen LogP contribution in [0.4, 0.5) is 0 Å². The van der Waals surface area contributed by atoms with E-state index in [1.54, 1.807) is 0 Å². The standard InChI is InChI=1S/C7H6N2O3/c1-3(10)5-6(4(2)11)8-9-7(5)12/h1-2H3. The first kappa shape index (κ1) is 8.45. The van der Waals surface area contributed by atoms with Crippen molar-refractivity contribution in [1.29, 1.82) is 0 Å². The van der Waals surface area contributed by atoms with Gasteiger partial charge in [-0.3, -0.25) is 14.4 Å². The predicted octanol–water partition coefficient (Wildman–Crippen LogP) is 0.411. The number of amides is 1. The Morgan fingerprint density at radius 1 is 1.08 bits per heavy atom. The lowest BCUT2D eigenvalue weighted by atomic mass is 10.1.